The number of carbonyl (C=O) groups excluding carboxylic acids is 1. The Bertz CT molecular complexity index is 767. The smallest absolute Gasteiger partial charge is 0.272 e. The maximum absolute atomic E-state index is 13.2. The number of nitrogens with zero attached hydrogens (tertiary/aromatic N) is 2. The summed E-state index contributed by atoms with van der Waals surface area (Å²) in [5.74, 6) is 1.98. The van der Waals surface area contributed by atoms with Crippen LogP contribution in [0.5, 0.6) is 11.5 Å². The van der Waals surface area contributed by atoms with E-state index in [2.05, 4.69) is 11.2 Å². The molecule has 2 heterocycles. The molecule has 0 N–H and O–H groups in total. The molecule has 2 aliphatic heterocycles. The number of benzene rings is 1. The minimum Gasteiger partial charge on any atom is -0.493 e. The Kier molecular flexibility index (Phi) is 4.09. The molecule has 1 aromatic carbocycles. The first-order chi connectivity index (χ1) is 12.4. The quantitative estimate of drug-likeness (QED) is 0.830. The molecule has 1 atom stereocenters. The largest absolute Gasteiger partial charge is 0.493 e. The first-order valence-corrected chi connectivity index (χ1v) is 9.24. The lowest BCUT2D eigenvalue weighted by molar-refractivity contribution is -0.127. The Hall–Kier alpha value is -2.24. The highest BCUT2D eigenvalue weighted by Crippen LogP contribution is 2.49. The van der Waals surface area contributed by atoms with Gasteiger partial charge in [-0.1, -0.05) is 5.16 Å². The van der Waals surface area contributed by atoms with Crippen LogP contribution >= 0.6 is 0 Å². The van der Waals surface area contributed by atoms with E-state index >= 15 is 0 Å². The lowest BCUT2D eigenvalue weighted by Gasteiger charge is -2.38. The van der Waals surface area contributed by atoms with Gasteiger partial charge in [-0.25, -0.2) is 0 Å². The van der Waals surface area contributed by atoms with Crippen LogP contribution in [0, 0.1) is 5.92 Å². The van der Waals surface area contributed by atoms with Crippen LogP contribution in [0.25, 0.3) is 0 Å². The molecule has 0 saturated heterocycles. The molecule has 1 saturated carbocycles. The summed E-state index contributed by atoms with van der Waals surface area (Å²) in [5, 5.41) is 4.08. The third-order valence-electron chi connectivity index (χ3n) is 5.49. The standard InChI is InChI=1S/C20H26N2O4/c1-20(2)11-15(21-26-20)19(23)22-8-7-13-9-16(24-3)17(25-4)10-14(13)18(22)12-5-6-12/h9-10,12,18H,5-8,11H2,1-4H3. The van der Waals surface area contributed by atoms with Crippen LogP contribution in [0.4, 0.5) is 0 Å². The van der Waals surface area contributed by atoms with Crippen molar-refractivity contribution in [2.45, 2.75) is 51.2 Å². The Labute approximate surface area is 154 Å². The summed E-state index contributed by atoms with van der Waals surface area (Å²) in [7, 11) is 3.30. The van der Waals surface area contributed by atoms with Gasteiger partial charge >= 0.3 is 0 Å². The summed E-state index contributed by atoms with van der Waals surface area (Å²) in [6.45, 7) is 4.61. The molecule has 0 spiro atoms. The minimum absolute atomic E-state index is 0.00732. The second kappa shape index (κ2) is 6.18. The zero-order valence-electron chi connectivity index (χ0n) is 15.9. The van der Waals surface area contributed by atoms with E-state index in [-0.39, 0.29) is 11.9 Å². The van der Waals surface area contributed by atoms with Crippen LogP contribution in [0.15, 0.2) is 17.3 Å². The van der Waals surface area contributed by atoms with Crippen molar-refractivity contribution in [1.82, 2.24) is 4.90 Å². The van der Waals surface area contributed by atoms with Gasteiger partial charge in [0.2, 0.25) is 0 Å². The molecule has 0 bridgehead atoms. The molecule has 1 amide bonds. The Balaban J connectivity index is 1.68. The lowest BCUT2D eigenvalue weighted by Crippen LogP contribution is -2.44. The Morgan fingerprint density at radius 2 is 1.92 bits per heavy atom. The molecule has 1 unspecified atom stereocenters. The first kappa shape index (κ1) is 17.2. The number of rotatable bonds is 4. The highest BCUT2D eigenvalue weighted by atomic mass is 16.7. The summed E-state index contributed by atoms with van der Waals surface area (Å²) >= 11 is 0. The van der Waals surface area contributed by atoms with Gasteiger partial charge in [-0.2, -0.15) is 0 Å². The predicted octanol–water partition coefficient (Wildman–Crippen LogP) is 3.09. The van der Waals surface area contributed by atoms with Crippen molar-refractivity contribution in [3.8, 4) is 11.5 Å². The van der Waals surface area contributed by atoms with E-state index in [9.17, 15) is 4.79 Å². The van der Waals surface area contributed by atoms with Gasteiger partial charge in [-0.15, -0.1) is 0 Å². The number of oxime groups is 1. The van der Waals surface area contributed by atoms with Crippen molar-refractivity contribution in [2.75, 3.05) is 20.8 Å². The minimum atomic E-state index is -0.398. The molecule has 0 aromatic heterocycles. The molecular weight excluding hydrogens is 332 g/mol. The van der Waals surface area contributed by atoms with Crippen LogP contribution in [0.2, 0.25) is 0 Å². The van der Waals surface area contributed by atoms with Crippen LogP contribution in [0.3, 0.4) is 0 Å². The summed E-state index contributed by atoms with van der Waals surface area (Å²) in [6.07, 6.45) is 3.66. The average molecular weight is 358 g/mol. The molecular formula is C20H26N2O4. The van der Waals surface area contributed by atoms with Crippen LogP contribution in [-0.2, 0) is 16.1 Å². The molecule has 140 valence electrons. The second-order valence-corrected chi connectivity index (χ2v) is 8.00. The van der Waals surface area contributed by atoms with E-state index in [4.69, 9.17) is 14.3 Å². The Morgan fingerprint density at radius 1 is 1.23 bits per heavy atom. The van der Waals surface area contributed by atoms with Crippen molar-refractivity contribution < 1.29 is 19.1 Å². The summed E-state index contributed by atoms with van der Waals surface area (Å²) in [4.78, 5) is 20.6. The van der Waals surface area contributed by atoms with Crippen molar-refractivity contribution in [2.24, 2.45) is 11.1 Å². The molecule has 1 aromatic rings. The molecule has 6 nitrogen and oxygen atoms in total. The second-order valence-electron chi connectivity index (χ2n) is 8.00. The molecule has 0 radical (unpaired) electrons. The summed E-state index contributed by atoms with van der Waals surface area (Å²) in [5.41, 5.74) is 2.56. The molecule has 26 heavy (non-hydrogen) atoms. The van der Waals surface area contributed by atoms with E-state index in [1.807, 2.05) is 24.8 Å². The number of ether oxygens (including phenoxy) is 2. The van der Waals surface area contributed by atoms with Gasteiger partial charge in [0.25, 0.3) is 5.91 Å². The average Bonchev–Trinajstić information content (AvgIpc) is 3.41. The molecule has 6 heteroatoms. The number of methoxy groups -OCH3 is 2. The fraction of sp³-hybridized carbons (Fsp3) is 0.600. The summed E-state index contributed by atoms with van der Waals surface area (Å²) < 4.78 is 11.0. The van der Waals surface area contributed by atoms with Gasteiger partial charge in [0, 0.05) is 13.0 Å². The van der Waals surface area contributed by atoms with Crippen LogP contribution < -0.4 is 9.47 Å². The van der Waals surface area contributed by atoms with E-state index in [0.29, 0.717) is 30.3 Å². The van der Waals surface area contributed by atoms with Crippen molar-refractivity contribution in [3.05, 3.63) is 23.3 Å². The normalized spacial score (nSPS) is 23.8. The molecule has 3 aliphatic rings. The molecule has 1 fully saturated rings. The predicted molar refractivity (Wildman–Crippen MR) is 97.6 cm³/mol. The number of amides is 1. The zero-order valence-corrected chi connectivity index (χ0v) is 15.9. The number of hydrogen-bond acceptors (Lipinski definition) is 5. The van der Waals surface area contributed by atoms with E-state index in [1.165, 1.54) is 11.1 Å². The molecule has 4 rings (SSSR count). The van der Waals surface area contributed by atoms with Gasteiger partial charge < -0.3 is 19.2 Å². The number of fused-ring (bicyclic) bond motifs is 1. The third-order valence-corrected chi connectivity index (χ3v) is 5.49. The van der Waals surface area contributed by atoms with Gasteiger partial charge in [-0.05, 0) is 62.3 Å². The van der Waals surface area contributed by atoms with Gasteiger partial charge in [0.05, 0.1) is 20.3 Å². The van der Waals surface area contributed by atoms with Crippen molar-refractivity contribution in [1.29, 1.82) is 0 Å². The fourth-order valence-corrected chi connectivity index (χ4v) is 4.05. The van der Waals surface area contributed by atoms with Crippen molar-refractivity contribution in [3.63, 3.8) is 0 Å². The van der Waals surface area contributed by atoms with E-state index in [0.717, 1.165) is 25.0 Å². The Morgan fingerprint density at radius 3 is 2.50 bits per heavy atom. The fourth-order valence-electron chi connectivity index (χ4n) is 4.05. The monoisotopic (exact) mass is 358 g/mol. The third kappa shape index (κ3) is 2.91. The van der Waals surface area contributed by atoms with Gasteiger partial charge in [-0.3, -0.25) is 4.79 Å². The van der Waals surface area contributed by atoms with Crippen LogP contribution in [0.1, 0.15) is 50.3 Å². The maximum Gasteiger partial charge on any atom is 0.272 e. The SMILES string of the molecule is COc1cc2c(cc1OC)C(C1CC1)N(C(=O)C1=NOC(C)(C)C1)CC2. The van der Waals surface area contributed by atoms with Crippen molar-refractivity contribution >= 4 is 11.6 Å². The van der Waals surface area contributed by atoms with Gasteiger partial charge in [0.15, 0.2) is 11.5 Å². The topological polar surface area (TPSA) is 60.4 Å². The maximum atomic E-state index is 13.2. The summed E-state index contributed by atoms with van der Waals surface area (Å²) in [6, 6.07) is 4.19. The first-order valence-electron chi connectivity index (χ1n) is 9.24. The molecule has 1 aliphatic carbocycles. The van der Waals surface area contributed by atoms with Crippen LogP contribution in [-0.4, -0.2) is 42.9 Å². The lowest BCUT2D eigenvalue weighted by atomic mass is 9.88. The van der Waals surface area contributed by atoms with E-state index in [1.54, 1.807) is 14.2 Å². The highest BCUT2D eigenvalue weighted by Gasteiger charge is 2.44. The highest BCUT2D eigenvalue weighted by molar-refractivity contribution is 6.39. The number of hydrogen-bond donors (Lipinski definition) is 0. The zero-order chi connectivity index (χ0) is 18.5. The van der Waals surface area contributed by atoms with Gasteiger partial charge in [0.1, 0.15) is 11.3 Å². The van der Waals surface area contributed by atoms with E-state index < -0.39 is 5.60 Å². The number of carbonyl (C=O) groups is 1.